The number of hydrogen-bond acceptors (Lipinski definition) is 4. The van der Waals surface area contributed by atoms with Gasteiger partial charge in [0, 0.05) is 17.7 Å². The number of amides is 1. The lowest BCUT2D eigenvalue weighted by molar-refractivity contribution is -0.123. The van der Waals surface area contributed by atoms with E-state index in [0.29, 0.717) is 5.75 Å². The molecule has 0 aliphatic carbocycles. The molecule has 1 aliphatic heterocycles. The van der Waals surface area contributed by atoms with Gasteiger partial charge in [-0.15, -0.1) is 0 Å². The van der Waals surface area contributed by atoms with Gasteiger partial charge in [-0.1, -0.05) is 6.07 Å². The van der Waals surface area contributed by atoms with Crippen LogP contribution in [0.2, 0.25) is 0 Å². The van der Waals surface area contributed by atoms with E-state index in [4.69, 9.17) is 15.2 Å². The standard InChI is InChI=1S/C14H20N2O3/c1-18-9-5-6-10(12(8-9)19-2)13-11(14(15)17)4-3-7-16-13/h5-6,8,11,13,16H,3-4,7H2,1-2H3,(H2,15,17). The van der Waals surface area contributed by atoms with E-state index in [1.54, 1.807) is 14.2 Å². The number of hydrogen-bond donors (Lipinski definition) is 2. The Labute approximate surface area is 113 Å². The third kappa shape index (κ3) is 2.81. The van der Waals surface area contributed by atoms with Gasteiger partial charge >= 0.3 is 0 Å². The molecule has 1 saturated heterocycles. The Balaban J connectivity index is 2.35. The molecule has 0 spiro atoms. The predicted octanol–water partition coefficient (Wildman–Crippen LogP) is 1.23. The van der Waals surface area contributed by atoms with E-state index in [0.717, 1.165) is 30.7 Å². The van der Waals surface area contributed by atoms with Crippen molar-refractivity contribution < 1.29 is 14.3 Å². The maximum atomic E-state index is 11.6. The average Bonchev–Trinajstić information content (AvgIpc) is 2.46. The summed E-state index contributed by atoms with van der Waals surface area (Å²) < 4.78 is 10.6. The normalized spacial score (nSPS) is 22.8. The molecular weight excluding hydrogens is 244 g/mol. The fraction of sp³-hybridized carbons (Fsp3) is 0.500. The monoisotopic (exact) mass is 264 g/mol. The molecule has 0 bridgehead atoms. The lowest BCUT2D eigenvalue weighted by Crippen LogP contribution is -2.41. The zero-order valence-corrected chi connectivity index (χ0v) is 11.3. The highest BCUT2D eigenvalue weighted by Gasteiger charge is 2.32. The summed E-state index contributed by atoms with van der Waals surface area (Å²) in [6.45, 7) is 0.879. The van der Waals surface area contributed by atoms with Gasteiger partial charge in [0.2, 0.25) is 5.91 Å². The van der Waals surface area contributed by atoms with Crippen molar-refractivity contribution in [3.63, 3.8) is 0 Å². The largest absolute Gasteiger partial charge is 0.497 e. The number of primary amides is 1. The SMILES string of the molecule is COc1ccc(C2NCCCC2C(N)=O)c(OC)c1. The topological polar surface area (TPSA) is 73.6 Å². The van der Waals surface area contributed by atoms with Gasteiger partial charge in [0.25, 0.3) is 0 Å². The van der Waals surface area contributed by atoms with Crippen LogP contribution < -0.4 is 20.5 Å². The Kier molecular flexibility index (Phi) is 4.27. The van der Waals surface area contributed by atoms with Crippen molar-refractivity contribution in [3.05, 3.63) is 23.8 Å². The van der Waals surface area contributed by atoms with Crippen molar-refractivity contribution in [2.75, 3.05) is 20.8 Å². The highest BCUT2D eigenvalue weighted by molar-refractivity contribution is 5.78. The first kappa shape index (κ1) is 13.7. The van der Waals surface area contributed by atoms with E-state index in [-0.39, 0.29) is 17.9 Å². The van der Waals surface area contributed by atoms with Crippen molar-refractivity contribution in [2.45, 2.75) is 18.9 Å². The van der Waals surface area contributed by atoms with E-state index < -0.39 is 0 Å². The molecular formula is C14H20N2O3. The zero-order chi connectivity index (χ0) is 13.8. The summed E-state index contributed by atoms with van der Waals surface area (Å²) in [5.41, 5.74) is 6.45. The lowest BCUT2D eigenvalue weighted by Gasteiger charge is -2.31. The minimum absolute atomic E-state index is 0.0906. The zero-order valence-electron chi connectivity index (χ0n) is 11.3. The molecule has 0 aromatic heterocycles. The Bertz CT molecular complexity index is 462. The number of benzene rings is 1. The molecule has 2 unspecified atom stereocenters. The highest BCUT2D eigenvalue weighted by atomic mass is 16.5. The number of carbonyl (C=O) groups excluding carboxylic acids is 1. The minimum Gasteiger partial charge on any atom is -0.497 e. The third-order valence-electron chi connectivity index (χ3n) is 3.60. The van der Waals surface area contributed by atoms with E-state index in [9.17, 15) is 4.79 Å². The fourth-order valence-electron chi connectivity index (χ4n) is 2.60. The van der Waals surface area contributed by atoms with Gasteiger partial charge < -0.3 is 20.5 Å². The number of carbonyl (C=O) groups is 1. The summed E-state index contributed by atoms with van der Waals surface area (Å²) in [6.07, 6.45) is 1.77. The van der Waals surface area contributed by atoms with Crippen LogP contribution in [0, 0.1) is 5.92 Å². The lowest BCUT2D eigenvalue weighted by atomic mass is 9.85. The van der Waals surface area contributed by atoms with E-state index in [1.807, 2.05) is 18.2 Å². The first-order chi connectivity index (χ1) is 9.17. The summed E-state index contributed by atoms with van der Waals surface area (Å²) >= 11 is 0. The molecule has 104 valence electrons. The summed E-state index contributed by atoms with van der Waals surface area (Å²) in [6, 6.07) is 5.53. The van der Waals surface area contributed by atoms with Crippen LogP contribution in [0.5, 0.6) is 11.5 Å². The van der Waals surface area contributed by atoms with Crippen LogP contribution in [0.4, 0.5) is 0 Å². The molecule has 1 aromatic rings. The molecule has 1 heterocycles. The van der Waals surface area contributed by atoms with E-state index in [2.05, 4.69) is 5.32 Å². The minimum atomic E-state index is -0.268. The number of nitrogens with two attached hydrogens (primary N) is 1. The van der Waals surface area contributed by atoms with Crippen molar-refractivity contribution in [3.8, 4) is 11.5 Å². The van der Waals surface area contributed by atoms with Crippen molar-refractivity contribution in [1.82, 2.24) is 5.32 Å². The van der Waals surface area contributed by atoms with Crippen molar-refractivity contribution in [2.24, 2.45) is 11.7 Å². The molecule has 5 nitrogen and oxygen atoms in total. The predicted molar refractivity (Wildman–Crippen MR) is 72.2 cm³/mol. The molecule has 1 aromatic carbocycles. The highest BCUT2D eigenvalue weighted by Crippen LogP contribution is 2.36. The van der Waals surface area contributed by atoms with Crippen LogP contribution in [0.1, 0.15) is 24.4 Å². The fourth-order valence-corrected chi connectivity index (χ4v) is 2.60. The number of piperidine rings is 1. The second-order valence-corrected chi connectivity index (χ2v) is 4.69. The number of rotatable bonds is 4. The van der Waals surface area contributed by atoms with Gasteiger partial charge in [0.05, 0.1) is 20.1 Å². The van der Waals surface area contributed by atoms with Gasteiger partial charge in [-0.2, -0.15) is 0 Å². The molecule has 1 aliphatic rings. The molecule has 5 heteroatoms. The molecule has 0 saturated carbocycles. The third-order valence-corrected chi connectivity index (χ3v) is 3.60. The second kappa shape index (κ2) is 5.93. The van der Waals surface area contributed by atoms with Crippen molar-refractivity contribution in [1.29, 1.82) is 0 Å². The maximum absolute atomic E-state index is 11.6. The Morgan fingerprint density at radius 1 is 1.37 bits per heavy atom. The first-order valence-corrected chi connectivity index (χ1v) is 6.42. The molecule has 0 radical (unpaired) electrons. The molecule has 19 heavy (non-hydrogen) atoms. The maximum Gasteiger partial charge on any atom is 0.222 e. The first-order valence-electron chi connectivity index (χ1n) is 6.42. The van der Waals surface area contributed by atoms with Crippen LogP contribution in [0.25, 0.3) is 0 Å². The molecule has 1 fully saturated rings. The molecule has 2 rings (SSSR count). The van der Waals surface area contributed by atoms with Crippen LogP contribution in [-0.4, -0.2) is 26.7 Å². The quantitative estimate of drug-likeness (QED) is 0.858. The van der Waals surface area contributed by atoms with Gasteiger partial charge in [0.1, 0.15) is 11.5 Å². The molecule has 1 amide bonds. The van der Waals surface area contributed by atoms with E-state index in [1.165, 1.54) is 0 Å². The van der Waals surface area contributed by atoms with Gasteiger partial charge in [0.15, 0.2) is 0 Å². The summed E-state index contributed by atoms with van der Waals surface area (Å²) in [4.78, 5) is 11.6. The Hall–Kier alpha value is -1.75. The van der Waals surface area contributed by atoms with Crippen LogP contribution in [0.3, 0.4) is 0 Å². The van der Waals surface area contributed by atoms with Crippen LogP contribution >= 0.6 is 0 Å². The number of nitrogens with one attached hydrogen (secondary N) is 1. The van der Waals surface area contributed by atoms with Gasteiger partial charge in [-0.3, -0.25) is 4.79 Å². The number of ether oxygens (including phenoxy) is 2. The summed E-state index contributed by atoms with van der Waals surface area (Å²) in [7, 11) is 3.22. The Morgan fingerprint density at radius 3 is 2.79 bits per heavy atom. The van der Waals surface area contributed by atoms with Gasteiger partial charge in [-0.25, -0.2) is 0 Å². The number of methoxy groups -OCH3 is 2. The summed E-state index contributed by atoms with van der Waals surface area (Å²) in [5, 5.41) is 3.36. The van der Waals surface area contributed by atoms with Gasteiger partial charge in [-0.05, 0) is 25.5 Å². The summed E-state index contributed by atoms with van der Waals surface area (Å²) in [5.74, 6) is 0.975. The Morgan fingerprint density at radius 2 is 2.16 bits per heavy atom. The second-order valence-electron chi connectivity index (χ2n) is 4.69. The van der Waals surface area contributed by atoms with Crippen molar-refractivity contribution >= 4 is 5.91 Å². The molecule has 2 atom stereocenters. The van der Waals surface area contributed by atoms with Crippen LogP contribution in [-0.2, 0) is 4.79 Å². The molecule has 3 N–H and O–H groups in total. The smallest absolute Gasteiger partial charge is 0.222 e. The van der Waals surface area contributed by atoms with E-state index >= 15 is 0 Å². The van der Waals surface area contributed by atoms with Crippen LogP contribution in [0.15, 0.2) is 18.2 Å². The average molecular weight is 264 g/mol.